The van der Waals surface area contributed by atoms with Gasteiger partial charge in [-0.3, -0.25) is 0 Å². The number of halogens is 1. The summed E-state index contributed by atoms with van der Waals surface area (Å²) in [5.74, 6) is 0.0886. The molecule has 4 heteroatoms. The van der Waals surface area contributed by atoms with Crippen LogP contribution in [0.5, 0.6) is 0 Å². The molecule has 2 rings (SSSR count). The molecule has 1 aliphatic carbocycles. The molecular formula is C16H22FNO2. The number of methoxy groups -OCH3 is 1. The Bertz CT molecular complexity index is 489. The SMILES string of the molecule is COC(=O)c1cc(NC2CC(C)CCC2C)ccc1F. The maximum absolute atomic E-state index is 13.6. The zero-order valence-corrected chi connectivity index (χ0v) is 12.3. The molecule has 0 radical (unpaired) electrons. The summed E-state index contributed by atoms with van der Waals surface area (Å²) in [6.07, 6.45) is 3.56. The van der Waals surface area contributed by atoms with E-state index in [0.29, 0.717) is 17.9 Å². The fraction of sp³-hybridized carbons (Fsp3) is 0.562. The van der Waals surface area contributed by atoms with Gasteiger partial charge >= 0.3 is 5.97 Å². The molecule has 0 saturated heterocycles. The summed E-state index contributed by atoms with van der Waals surface area (Å²) in [6, 6.07) is 4.89. The summed E-state index contributed by atoms with van der Waals surface area (Å²) < 4.78 is 18.2. The van der Waals surface area contributed by atoms with E-state index in [9.17, 15) is 9.18 Å². The Morgan fingerprint density at radius 1 is 1.35 bits per heavy atom. The Balaban J connectivity index is 2.15. The van der Waals surface area contributed by atoms with Gasteiger partial charge in [-0.1, -0.05) is 20.3 Å². The molecule has 0 amide bonds. The number of benzene rings is 1. The summed E-state index contributed by atoms with van der Waals surface area (Å²) in [7, 11) is 1.26. The zero-order chi connectivity index (χ0) is 14.7. The molecule has 3 atom stereocenters. The van der Waals surface area contributed by atoms with E-state index in [2.05, 4.69) is 23.9 Å². The van der Waals surface area contributed by atoms with E-state index in [1.165, 1.54) is 32.1 Å². The molecule has 1 aromatic rings. The van der Waals surface area contributed by atoms with Gasteiger partial charge in [0.1, 0.15) is 5.82 Å². The Morgan fingerprint density at radius 2 is 2.10 bits per heavy atom. The van der Waals surface area contributed by atoms with E-state index in [1.54, 1.807) is 6.07 Å². The number of carbonyl (C=O) groups excluding carboxylic acids is 1. The summed E-state index contributed by atoms with van der Waals surface area (Å²) in [5.41, 5.74) is 0.756. The Labute approximate surface area is 119 Å². The third kappa shape index (κ3) is 3.30. The molecule has 0 heterocycles. The van der Waals surface area contributed by atoms with Gasteiger partial charge < -0.3 is 10.1 Å². The van der Waals surface area contributed by atoms with E-state index in [1.807, 2.05) is 0 Å². The van der Waals surface area contributed by atoms with Crippen molar-refractivity contribution in [3.05, 3.63) is 29.6 Å². The van der Waals surface area contributed by atoms with Gasteiger partial charge in [0.15, 0.2) is 0 Å². The molecule has 1 aromatic carbocycles. The maximum atomic E-state index is 13.6. The predicted octanol–water partition coefficient (Wildman–Crippen LogP) is 3.85. The first kappa shape index (κ1) is 14.8. The van der Waals surface area contributed by atoms with E-state index < -0.39 is 11.8 Å². The molecule has 1 aliphatic rings. The number of rotatable bonds is 3. The standard InChI is InChI=1S/C16H22FNO2/c1-10-4-5-11(2)15(8-10)18-12-6-7-14(17)13(9-12)16(19)20-3/h6-7,9-11,15,18H,4-5,8H2,1-3H3. The lowest BCUT2D eigenvalue weighted by molar-refractivity contribution is 0.0595. The number of carbonyl (C=O) groups is 1. The van der Waals surface area contributed by atoms with Crippen molar-refractivity contribution in [2.75, 3.05) is 12.4 Å². The van der Waals surface area contributed by atoms with Gasteiger partial charge in [0.2, 0.25) is 0 Å². The van der Waals surface area contributed by atoms with Gasteiger partial charge in [0.05, 0.1) is 12.7 Å². The number of hydrogen-bond acceptors (Lipinski definition) is 3. The zero-order valence-electron chi connectivity index (χ0n) is 12.3. The quantitative estimate of drug-likeness (QED) is 0.854. The predicted molar refractivity (Wildman–Crippen MR) is 77.3 cm³/mol. The van der Waals surface area contributed by atoms with Crippen LogP contribution in [0.3, 0.4) is 0 Å². The van der Waals surface area contributed by atoms with Crippen LogP contribution in [-0.4, -0.2) is 19.1 Å². The maximum Gasteiger partial charge on any atom is 0.340 e. The van der Waals surface area contributed by atoms with Crippen molar-refractivity contribution in [2.45, 2.75) is 39.2 Å². The van der Waals surface area contributed by atoms with Crippen molar-refractivity contribution in [3.63, 3.8) is 0 Å². The average Bonchev–Trinajstić information content (AvgIpc) is 2.44. The lowest BCUT2D eigenvalue weighted by Gasteiger charge is -2.34. The van der Waals surface area contributed by atoms with E-state index in [-0.39, 0.29) is 5.56 Å². The van der Waals surface area contributed by atoms with Gasteiger partial charge in [0.25, 0.3) is 0 Å². The summed E-state index contributed by atoms with van der Waals surface area (Å²) in [5, 5.41) is 3.43. The number of anilines is 1. The topological polar surface area (TPSA) is 38.3 Å². The van der Waals surface area contributed by atoms with Crippen molar-refractivity contribution in [2.24, 2.45) is 11.8 Å². The molecule has 0 aromatic heterocycles. The fourth-order valence-corrected chi connectivity index (χ4v) is 2.83. The molecule has 1 fully saturated rings. The molecule has 0 aliphatic heterocycles. The molecule has 20 heavy (non-hydrogen) atoms. The molecular weight excluding hydrogens is 257 g/mol. The molecule has 3 unspecified atom stereocenters. The second kappa shape index (κ2) is 6.25. The fourth-order valence-electron chi connectivity index (χ4n) is 2.83. The lowest BCUT2D eigenvalue weighted by Crippen LogP contribution is -2.33. The smallest absolute Gasteiger partial charge is 0.340 e. The second-order valence-corrected chi connectivity index (χ2v) is 5.83. The first-order valence-electron chi connectivity index (χ1n) is 7.15. The molecule has 110 valence electrons. The third-order valence-corrected chi connectivity index (χ3v) is 4.18. The molecule has 0 spiro atoms. The highest BCUT2D eigenvalue weighted by Crippen LogP contribution is 2.31. The number of hydrogen-bond donors (Lipinski definition) is 1. The van der Waals surface area contributed by atoms with Crippen molar-refractivity contribution < 1.29 is 13.9 Å². The average molecular weight is 279 g/mol. The van der Waals surface area contributed by atoms with E-state index in [4.69, 9.17) is 0 Å². The van der Waals surface area contributed by atoms with Crippen LogP contribution in [0.25, 0.3) is 0 Å². The van der Waals surface area contributed by atoms with Crippen molar-refractivity contribution in [3.8, 4) is 0 Å². The highest BCUT2D eigenvalue weighted by molar-refractivity contribution is 5.90. The molecule has 1 saturated carbocycles. The van der Waals surface area contributed by atoms with Gasteiger partial charge in [0, 0.05) is 11.7 Å². The first-order chi connectivity index (χ1) is 9.51. The minimum absolute atomic E-state index is 0.0194. The Morgan fingerprint density at radius 3 is 2.80 bits per heavy atom. The van der Waals surface area contributed by atoms with E-state index in [0.717, 1.165) is 12.1 Å². The van der Waals surface area contributed by atoms with Gasteiger partial charge in [-0.2, -0.15) is 0 Å². The summed E-state index contributed by atoms with van der Waals surface area (Å²) in [6.45, 7) is 4.49. The molecule has 1 N–H and O–H groups in total. The highest BCUT2D eigenvalue weighted by atomic mass is 19.1. The normalized spacial score (nSPS) is 26.1. The number of nitrogens with one attached hydrogen (secondary N) is 1. The van der Waals surface area contributed by atoms with Gasteiger partial charge in [-0.05, 0) is 42.9 Å². The van der Waals surface area contributed by atoms with Gasteiger partial charge in [-0.25, -0.2) is 9.18 Å². The largest absolute Gasteiger partial charge is 0.465 e. The van der Waals surface area contributed by atoms with Gasteiger partial charge in [-0.15, -0.1) is 0 Å². The summed E-state index contributed by atoms with van der Waals surface area (Å²) in [4.78, 5) is 11.5. The third-order valence-electron chi connectivity index (χ3n) is 4.18. The number of esters is 1. The van der Waals surface area contributed by atoms with Crippen LogP contribution in [0.2, 0.25) is 0 Å². The monoisotopic (exact) mass is 279 g/mol. The number of ether oxygens (including phenoxy) is 1. The van der Waals surface area contributed by atoms with Crippen molar-refractivity contribution in [1.82, 2.24) is 0 Å². The van der Waals surface area contributed by atoms with Crippen molar-refractivity contribution >= 4 is 11.7 Å². The Kier molecular flexibility index (Phi) is 4.63. The minimum atomic E-state index is -0.642. The van der Waals surface area contributed by atoms with Crippen LogP contribution in [0.4, 0.5) is 10.1 Å². The molecule has 3 nitrogen and oxygen atoms in total. The van der Waals surface area contributed by atoms with Crippen LogP contribution in [0.15, 0.2) is 18.2 Å². The van der Waals surface area contributed by atoms with Crippen LogP contribution in [-0.2, 0) is 4.74 Å². The molecule has 0 bridgehead atoms. The minimum Gasteiger partial charge on any atom is -0.465 e. The Hall–Kier alpha value is -1.58. The van der Waals surface area contributed by atoms with E-state index >= 15 is 0 Å². The van der Waals surface area contributed by atoms with Crippen LogP contribution >= 0.6 is 0 Å². The second-order valence-electron chi connectivity index (χ2n) is 5.83. The highest BCUT2D eigenvalue weighted by Gasteiger charge is 2.25. The van der Waals surface area contributed by atoms with Crippen LogP contribution in [0, 0.1) is 17.7 Å². The summed E-state index contributed by atoms with van der Waals surface area (Å²) >= 11 is 0. The van der Waals surface area contributed by atoms with Crippen molar-refractivity contribution in [1.29, 1.82) is 0 Å². The lowest BCUT2D eigenvalue weighted by atomic mass is 9.80. The van der Waals surface area contributed by atoms with Crippen LogP contribution in [0.1, 0.15) is 43.5 Å². The van der Waals surface area contributed by atoms with Crippen LogP contribution < -0.4 is 5.32 Å². The first-order valence-corrected chi connectivity index (χ1v) is 7.15.